The minimum atomic E-state index is -0.608. The summed E-state index contributed by atoms with van der Waals surface area (Å²) in [4.78, 5) is 21.9. The third-order valence-electron chi connectivity index (χ3n) is 2.57. The molecule has 3 N–H and O–H groups in total. The molecule has 19 heavy (non-hydrogen) atoms. The van der Waals surface area contributed by atoms with Gasteiger partial charge in [0.2, 0.25) is 11.6 Å². The molecule has 0 aliphatic carbocycles. The molecule has 2 aromatic rings. The quantitative estimate of drug-likeness (QED) is 0.627. The van der Waals surface area contributed by atoms with E-state index in [4.69, 9.17) is 5.73 Å². The van der Waals surface area contributed by atoms with E-state index in [-0.39, 0.29) is 17.3 Å². The first-order valence-corrected chi connectivity index (χ1v) is 5.49. The van der Waals surface area contributed by atoms with Gasteiger partial charge in [-0.1, -0.05) is 6.07 Å². The summed E-state index contributed by atoms with van der Waals surface area (Å²) in [5.74, 6) is -0.0807. The lowest BCUT2D eigenvalue weighted by Crippen LogP contribution is -2.09. The molecule has 2 rings (SSSR count). The highest BCUT2D eigenvalue weighted by atomic mass is 16.6. The Morgan fingerprint density at radius 1 is 1.42 bits per heavy atom. The van der Waals surface area contributed by atoms with Gasteiger partial charge in [-0.15, -0.1) is 0 Å². The molecule has 0 fully saturated rings. The van der Waals surface area contributed by atoms with Crippen LogP contribution in [0.5, 0.6) is 0 Å². The minimum absolute atomic E-state index is 0.0857. The first-order chi connectivity index (χ1) is 9.09. The van der Waals surface area contributed by atoms with Crippen molar-refractivity contribution in [2.75, 3.05) is 11.1 Å². The average molecular weight is 260 g/mol. The molecule has 8 heteroatoms. The van der Waals surface area contributed by atoms with Crippen LogP contribution in [0.4, 0.5) is 17.3 Å². The Bertz CT molecular complexity index is 616. The Balaban J connectivity index is 2.23. The molecule has 0 aliphatic heterocycles. The van der Waals surface area contributed by atoms with Crippen molar-refractivity contribution in [2.45, 2.75) is 13.5 Å². The van der Waals surface area contributed by atoms with Crippen LogP contribution >= 0.6 is 0 Å². The third-order valence-corrected chi connectivity index (χ3v) is 2.57. The lowest BCUT2D eigenvalue weighted by molar-refractivity contribution is -0.383. The fourth-order valence-electron chi connectivity index (χ4n) is 1.57. The summed E-state index contributed by atoms with van der Waals surface area (Å²) in [6.45, 7) is 2.23. The van der Waals surface area contributed by atoms with Crippen LogP contribution in [0.25, 0.3) is 0 Å². The predicted octanol–water partition coefficient (Wildman–Crippen LogP) is 1.28. The first kappa shape index (κ1) is 12.7. The van der Waals surface area contributed by atoms with E-state index in [0.29, 0.717) is 6.54 Å². The Morgan fingerprint density at radius 2 is 2.21 bits per heavy atom. The van der Waals surface area contributed by atoms with Gasteiger partial charge in [-0.05, 0) is 18.6 Å². The number of hydrogen-bond acceptors (Lipinski definition) is 7. The number of nitrogens with one attached hydrogen (secondary N) is 1. The second kappa shape index (κ2) is 5.25. The third kappa shape index (κ3) is 2.73. The SMILES string of the molecule is Cc1cccnc1CNc1ncnc(N)c1[N+](=O)[O-]. The van der Waals surface area contributed by atoms with Gasteiger partial charge in [0.1, 0.15) is 6.33 Å². The highest BCUT2D eigenvalue weighted by Crippen LogP contribution is 2.26. The Labute approximate surface area is 108 Å². The molecule has 0 radical (unpaired) electrons. The number of anilines is 2. The lowest BCUT2D eigenvalue weighted by Gasteiger charge is -2.07. The number of aryl methyl sites for hydroxylation is 1. The molecule has 8 nitrogen and oxygen atoms in total. The van der Waals surface area contributed by atoms with Gasteiger partial charge in [-0.3, -0.25) is 15.1 Å². The molecule has 0 spiro atoms. The number of nitrogens with two attached hydrogens (primary N) is 1. The largest absolute Gasteiger partial charge is 0.378 e. The van der Waals surface area contributed by atoms with Gasteiger partial charge in [0.25, 0.3) is 0 Å². The fourth-order valence-corrected chi connectivity index (χ4v) is 1.57. The fraction of sp³-hybridized carbons (Fsp3) is 0.182. The maximum Gasteiger partial charge on any atom is 0.352 e. The molecule has 0 amide bonds. The van der Waals surface area contributed by atoms with Gasteiger partial charge in [0, 0.05) is 6.20 Å². The zero-order valence-corrected chi connectivity index (χ0v) is 10.2. The van der Waals surface area contributed by atoms with Crippen molar-refractivity contribution in [1.29, 1.82) is 0 Å². The molecular formula is C11H12N6O2. The van der Waals surface area contributed by atoms with Crippen LogP contribution in [0, 0.1) is 17.0 Å². The van der Waals surface area contributed by atoms with Gasteiger partial charge >= 0.3 is 5.69 Å². The van der Waals surface area contributed by atoms with Crippen molar-refractivity contribution in [1.82, 2.24) is 15.0 Å². The number of rotatable bonds is 4. The molecule has 0 atom stereocenters. The molecule has 0 bridgehead atoms. The molecule has 0 aliphatic rings. The van der Waals surface area contributed by atoms with Crippen molar-refractivity contribution >= 4 is 17.3 Å². The summed E-state index contributed by atoms with van der Waals surface area (Å²) < 4.78 is 0. The molecule has 0 aromatic carbocycles. The van der Waals surface area contributed by atoms with E-state index in [2.05, 4.69) is 20.3 Å². The number of nitrogens with zero attached hydrogens (tertiary/aromatic N) is 4. The van der Waals surface area contributed by atoms with Crippen LogP contribution in [-0.2, 0) is 6.54 Å². The molecule has 0 saturated heterocycles. The van der Waals surface area contributed by atoms with Gasteiger partial charge < -0.3 is 11.1 Å². The summed E-state index contributed by atoms with van der Waals surface area (Å²) in [5.41, 5.74) is 6.92. The normalized spacial score (nSPS) is 10.2. The van der Waals surface area contributed by atoms with E-state index in [1.807, 2.05) is 19.1 Å². The second-order valence-corrected chi connectivity index (χ2v) is 3.83. The van der Waals surface area contributed by atoms with Gasteiger partial charge in [-0.25, -0.2) is 9.97 Å². The van der Waals surface area contributed by atoms with E-state index < -0.39 is 4.92 Å². The number of nitrogen functional groups attached to an aromatic ring is 1. The molecule has 98 valence electrons. The van der Waals surface area contributed by atoms with Gasteiger partial charge in [0.05, 0.1) is 17.2 Å². The Kier molecular flexibility index (Phi) is 3.51. The number of pyridine rings is 1. The van der Waals surface area contributed by atoms with Crippen LogP contribution < -0.4 is 11.1 Å². The summed E-state index contributed by atoms with van der Waals surface area (Å²) in [6.07, 6.45) is 2.84. The van der Waals surface area contributed by atoms with Gasteiger partial charge in [0.15, 0.2) is 0 Å². The van der Waals surface area contributed by atoms with Crippen molar-refractivity contribution in [2.24, 2.45) is 0 Å². The van der Waals surface area contributed by atoms with Gasteiger partial charge in [-0.2, -0.15) is 0 Å². The predicted molar refractivity (Wildman–Crippen MR) is 69.4 cm³/mol. The van der Waals surface area contributed by atoms with E-state index in [0.717, 1.165) is 11.3 Å². The highest BCUT2D eigenvalue weighted by molar-refractivity contribution is 5.67. The van der Waals surface area contributed by atoms with Crippen LogP contribution in [0.2, 0.25) is 0 Å². The molecule has 2 heterocycles. The summed E-state index contributed by atoms with van der Waals surface area (Å²) in [5, 5.41) is 13.8. The average Bonchev–Trinajstić information content (AvgIpc) is 2.37. The monoisotopic (exact) mass is 260 g/mol. The van der Waals surface area contributed by atoms with E-state index in [1.54, 1.807) is 6.20 Å². The van der Waals surface area contributed by atoms with Crippen LogP contribution in [0.1, 0.15) is 11.3 Å². The van der Waals surface area contributed by atoms with E-state index >= 15 is 0 Å². The topological polar surface area (TPSA) is 120 Å². The molecule has 0 unspecified atom stereocenters. The first-order valence-electron chi connectivity index (χ1n) is 5.49. The zero-order valence-electron chi connectivity index (χ0n) is 10.2. The molecular weight excluding hydrogens is 248 g/mol. The van der Waals surface area contributed by atoms with Crippen LogP contribution in [0.3, 0.4) is 0 Å². The van der Waals surface area contributed by atoms with Crippen molar-refractivity contribution < 1.29 is 4.92 Å². The smallest absolute Gasteiger partial charge is 0.352 e. The number of aromatic nitrogens is 3. The molecule has 2 aromatic heterocycles. The number of hydrogen-bond donors (Lipinski definition) is 2. The Morgan fingerprint density at radius 3 is 2.89 bits per heavy atom. The van der Waals surface area contributed by atoms with Crippen LogP contribution in [0.15, 0.2) is 24.7 Å². The van der Waals surface area contributed by atoms with Crippen LogP contribution in [-0.4, -0.2) is 19.9 Å². The maximum atomic E-state index is 10.9. The number of nitro groups is 1. The van der Waals surface area contributed by atoms with E-state index in [1.165, 1.54) is 6.33 Å². The van der Waals surface area contributed by atoms with Crippen molar-refractivity contribution in [3.8, 4) is 0 Å². The maximum absolute atomic E-state index is 10.9. The van der Waals surface area contributed by atoms with Crippen molar-refractivity contribution in [3.05, 3.63) is 46.0 Å². The minimum Gasteiger partial charge on any atom is -0.378 e. The summed E-state index contributed by atoms with van der Waals surface area (Å²) >= 11 is 0. The summed E-state index contributed by atoms with van der Waals surface area (Å²) in [6, 6.07) is 3.73. The lowest BCUT2D eigenvalue weighted by atomic mass is 10.2. The highest BCUT2D eigenvalue weighted by Gasteiger charge is 2.20. The van der Waals surface area contributed by atoms with Crippen molar-refractivity contribution in [3.63, 3.8) is 0 Å². The standard InChI is InChI=1S/C11H12N6O2/c1-7-3-2-4-13-8(7)5-14-11-9(17(18)19)10(12)15-6-16-11/h2-4,6H,5H2,1H3,(H3,12,14,15,16). The molecule has 0 saturated carbocycles. The van der Waals surface area contributed by atoms with E-state index in [9.17, 15) is 10.1 Å². The second-order valence-electron chi connectivity index (χ2n) is 3.83. The Hall–Kier alpha value is -2.77. The summed E-state index contributed by atoms with van der Waals surface area (Å²) in [7, 11) is 0. The zero-order chi connectivity index (χ0) is 13.8.